The fourth-order valence-corrected chi connectivity index (χ4v) is 3.75. The van der Waals surface area contributed by atoms with Gasteiger partial charge >= 0.3 is 0 Å². The maximum atomic E-state index is 13.7. The number of hydrogen-bond acceptors (Lipinski definition) is 5. The smallest absolute Gasteiger partial charge is 0.277 e. The predicted molar refractivity (Wildman–Crippen MR) is 94.5 cm³/mol. The number of hydrogen-bond donors (Lipinski definition) is 1. The van der Waals surface area contributed by atoms with E-state index in [9.17, 15) is 9.18 Å². The molecule has 7 heteroatoms. The molecule has 1 fully saturated rings. The number of carbonyl (C=O) groups is 1. The molecule has 1 aliphatic carbocycles. The summed E-state index contributed by atoms with van der Waals surface area (Å²) in [5.74, 6) is 0.985. The van der Waals surface area contributed by atoms with Crippen molar-refractivity contribution in [1.29, 1.82) is 0 Å². The highest BCUT2D eigenvalue weighted by Gasteiger charge is 2.28. The van der Waals surface area contributed by atoms with Crippen molar-refractivity contribution >= 4 is 17.7 Å². The highest BCUT2D eigenvalue weighted by atomic mass is 32.2. The van der Waals surface area contributed by atoms with Gasteiger partial charge in [0, 0.05) is 6.04 Å². The van der Waals surface area contributed by atoms with Crippen molar-refractivity contribution in [2.75, 3.05) is 5.75 Å². The zero-order chi connectivity index (χ0) is 17.8. The van der Waals surface area contributed by atoms with Crippen LogP contribution >= 0.6 is 11.8 Å². The predicted octanol–water partition coefficient (Wildman–Crippen LogP) is 3.91. The van der Waals surface area contributed by atoms with Gasteiger partial charge in [-0.25, -0.2) is 4.39 Å². The lowest BCUT2D eigenvalue weighted by atomic mass is 9.78. The van der Waals surface area contributed by atoms with Crippen LogP contribution in [0.2, 0.25) is 0 Å². The number of aromatic nitrogens is 2. The molecule has 0 unspecified atom stereocenters. The molecule has 2 aromatic rings. The lowest BCUT2D eigenvalue weighted by Crippen LogP contribution is -2.44. The molecule has 0 saturated heterocycles. The fourth-order valence-electron chi connectivity index (χ4n) is 3.17. The van der Waals surface area contributed by atoms with Crippen molar-refractivity contribution in [2.24, 2.45) is 11.8 Å². The SMILES string of the molecule is C[C@@H]1[C@H](C)CCC[C@H]1NC(=O)CSc1nnc(-c2ccccc2F)o1. The van der Waals surface area contributed by atoms with E-state index >= 15 is 0 Å². The van der Waals surface area contributed by atoms with Crippen molar-refractivity contribution in [1.82, 2.24) is 15.5 Å². The first-order chi connectivity index (χ1) is 12.0. The summed E-state index contributed by atoms with van der Waals surface area (Å²) in [6.07, 6.45) is 3.41. The Bertz CT molecular complexity index is 737. The molecule has 1 N–H and O–H groups in total. The van der Waals surface area contributed by atoms with Gasteiger partial charge in [0.2, 0.25) is 5.91 Å². The Morgan fingerprint density at radius 2 is 2.12 bits per heavy atom. The van der Waals surface area contributed by atoms with Crippen LogP contribution in [0, 0.1) is 17.7 Å². The molecule has 25 heavy (non-hydrogen) atoms. The molecule has 0 spiro atoms. The monoisotopic (exact) mass is 363 g/mol. The summed E-state index contributed by atoms with van der Waals surface area (Å²) in [4.78, 5) is 12.2. The van der Waals surface area contributed by atoms with Crippen LogP contribution in [0.3, 0.4) is 0 Å². The Hall–Kier alpha value is -1.89. The minimum absolute atomic E-state index is 0.0402. The van der Waals surface area contributed by atoms with Crippen molar-refractivity contribution in [3.63, 3.8) is 0 Å². The van der Waals surface area contributed by atoms with Gasteiger partial charge in [-0.15, -0.1) is 10.2 Å². The van der Waals surface area contributed by atoms with Crippen molar-refractivity contribution in [3.8, 4) is 11.5 Å². The van der Waals surface area contributed by atoms with Gasteiger partial charge in [0.25, 0.3) is 11.1 Å². The van der Waals surface area contributed by atoms with Crippen molar-refractivity contribution < 1.29 is 13.6 Å². The number of rotatable bonds is 5. The van der Waals surface area contributed by atoms with Crippen LogP contribution in [-0.4, -0.2) is 27.9 Å². The van der Waals surface area contributed by atoms with E-state index in [-0.39, 0.29) is 34.4 Å². The van der Waals surface area contributed by atoms with E-state index in [0.717, 1.165) is 12.8 Å². The maximum Gasteiger partial charge on any atom is 0.277 e. The number of nitrogens with zero attached hydrogens (tertiary/aromatic N) is 2. The maximum absolute atomic E-state index is 13.7. The summed E-state index contributed by atoms with van der Waals surface area (Å²) < 4.78 is 19.2. The third kappa shape index (κ3) is 4.39. The van der Waals surface area contributed by atoms with Crippen LogP contribution in [0.5, 0.6) is 0 Å². The Balaban J connectivity index is 1.54. The Kier molecular flexibility index (Phi) is 5.73. The largest absolute Gasteiger partial charge is 0.411 e. The standard InChI is InChI=1S/C18H22FN3O2S/c1-11-6-5-9-15(12(11)2)20-16(23)10-25-18-22-21-17(24-18)13-7-3-4-8-14(13)19/h3-4,7-8,11-12,15H,5-6,9-10H2,1-2H3,(H,20,23)/t11-,12-,15-/m1/s1. The first-order valence-electron chi connectivity index (χ1n) is 8.55. The third-order valence-corrected chi connectivity index (χ3v) is 5.71. The Labute approximate surface area is 150 Å². The molecule has 134 valence electrons. The zero-order valence-corrected chi connectivity index (χ0v) is 15.2. The van der Waals surface area contributed by atoms with Gasteiger partial charge in [0.05, 0.1) is 11.3 Å². The molecular weight excluding hydrogens is 341 g/mol. The number of benzene rings is 1. The van der Waals surface area contributed by atoms with Crippen molar-refractivity contribution in [2.45, 2.75) is 44.4 Å². The zero-order valence-electron chi connectivity index (χ0n) is 14.4. The summed E-state index contributed by atoms with van der Waals surface area (Å²) in [6.45, 7) is 4.43. The molecule has 5 nitrogen and oxygen atoms in total. The van der Waals surface area contributed by atoms with Crippen molar-refractivity contribution in [3.05, 3.63) is 30.1 Å². The minimum atomic E-state index is -0.416. The van der Waals surface area contributed by atoms with Crippen LogP contribution in [0.4, 0.5) is 4.39 Å². The minimum Gasteiger partial charge on any atom is -0.411 e. The number of halogens is 1. The first kappa shape index (κ1) is 17.9. The number of carbonyl (C=O) groups excluding carboxylic acids is 1. The molecule has 1 saturated carbocycles. The van der Waals surface area contributed by atoms with Gasteiger partial charge in [-0.1, -0.05) is 50.6 Å². The van der Waals surface area contributed by atoms with Gasteiger partial charge < -0.3 is 9.73 Å². The van der Waals surface area contributed by atoms with Crippen LogP contribution in [0.1, 0.15) is 33.1 Å². The van der Waals surface area contributed by atoms with E-state index in [1.165, 1.54) is 24.2 Å². The van der Waals surface area contributed by atoms with Crippen LogP contribution in [0.25, 0.3) is 11.5 Å². The average molecular weight is 363 g/mol. The molecule has 0 aliphatic heterocycles. The molecule has 1 amide bonds. The first-order valence-corrected chi connectivity index (χ1v) is 9.53. The summed E-state index contributed by atoms with van der Waals surface area (Å²) in [6, 6.07) is 6.45. The summed E-state index contributed by atoms with van der Waals surface area (Å²) in [7, 11) is 0. The van der Waals surface area contributed by atoms with Gasteiger partial charge in [-0.3, -0.25) is 4.79 Å². The fraction of sp³-hybridized carbons (Fsp3) is 0.500. The molecule has 1 heterocycles. The second-order valence-corrected chi connectivity index (χ2v) is 7.51. The van der Waals surface area contributed by atoms with Gasteiger partial charge in [-0.05, 0) is 30.4 Å². The van der Waals surface area contributed by atoms with E-state index in [2.05, 4.69) is 29.4 Å². The van der Waals surface area contributed by atoms with Gasteiger partial charge in [0.15, 0.2) is 0 Å². The molecule has 1 aromatic heterocycles. The van der Waals surface area contributed by atoms with Gasteiger partial charge in [-0.2, -0.15) is 0 Å². The number of amides is 1. The lowest BCUT2D eigenvalue weighted by molar-refractivity contribution is -0.120. The van der Waals surface area contributed by atoms with E-state index in [1.807, 2.05) is 0 Å². The summed E-state index contributed by atoms with van der Waals surface area (Å²) in [5.41, 5.74) is 0.260. The topological polar surface area (TPSA) is 68.0 Å². The third-order valence-electron chi connectivity index (χ3n) is 4.89. The summed E-state index contributed by atoms with van der Waals surface area (Å²) in [5, 5.41) is 11.1. The lowest BCUT2D eigenvalue weighted by Gasteiger charge is -2.34. The van der Waals surface area contributed by atoms with E-state index < -0.39 is 5.82 Å². The molecule has 3 rings (SSSR count). The molecule has 1 aromatic carbocycles. The van der Waals surface area contributed by atoms with Crippen LogP contribution in [-0.2, 0) is 4.79 Å². The molecule has 3 atom stereocenters. The second-order valence-electron chi connectivity index (χ2n) is 6.58. The van der Waals surface area contributed by atoms with E-state index in [4.69, 9.17) is 4.42 Å². The molecule has 0 bridgehead atoms. The molecule has 1 aliphatic rings. The van der Waals surface area contributed by atoms with Crippen LogP contribution in [0.15, 0.2) is 33.9 Å². The average Bonchev–Trinajstić information content (AvgIpc) is 3.06. The van der Waals surface area contributed by atoms with E-state index in [1.54, 1.807) is 18.2 Å². The van der Waals surface area contributed by atoms with Crippen LogP contribution < -0.4 is 5.32 Å². The Morgan fingerprint density at radius 3 is 2.92 bits per heavy atom. The number of nitrogens with one attached hydrogen (secondary N) is 1. The molecule has 0 radical (unpaired) electrons. The highest BCUT2D eigenvalue weighted by Crippen LogP contribution is 2.30. The highest BCUT2D eigenvalue weighted by molar-refractivity contribution is 7.99. The second kappa shape index (κ2) is 7.99. The molecular formula is C18H22FN3O2S. The van der Waals surface area contributed by atoms with E-state index in [0.29, 0.717) is 11.8 Å². The normalized spacial score (nSPS) is 23.4. The summed E-state index contributed by atoms with van der Waals surface area (Å²) >= 11 is 1.17. The van der Waals surface area contributed by atoms with Gasteiger partial charge in [0.1, 0.15) is 5.82 Å². The quantitative estimate of drug-likeness (QED) is 0.816. The Morgan fingerprint density at radius 1 is 1.32 bits per heavy atom. The number of thioether (sulfide) groups is 1.